The lowest BCUT2D eigenvalue weighted by Crippen LogP contribution is -2.41. The lowest BCUT2D eigenvalue weighted by Gasteiger charge is -2.32. The molecule has 6 nitrogen and oxygen atoms in total. The molecular weight excluding hydrogens is 393 g/mol. The van der Waals surface area contributed by atoms with Gasteiger partial charge in [-0.3, -0.25) is 9.78 Å². The first-order valence-electron chi connectivity index (χ1n) is 9.35. The van der Waals surface area contributed by atoms with Gasteiger partial charge in [0.25, 0.3) is 0 Å². The standard InChI is InChI=1S/C21H19ClFN5O/c22-17-12-16(3-4-18(17)23)25-21(29)15-2-1-11-28(13-15)20-6-5-19(26-27-20)14-7-9-24-10-8-14/h3-10,12,15H,1-2,11,13H2,(H,25,29). The molecule has 1 fully saturated rings. The van der Waals surface area contributed by atoms with Crippen molar-refractivity contribution in [3.05, 3.63) is 65.7 Å². The lowest BCUT2D eigenvalue weighted by molar-refractivity contribution is -0.120. The van der Waals surface area contributed by atoms with E-state index in [9.17, 15) is 9.18 Å². The molecule has 4 rings (SSSR count). The van der Waals surface area contributed by atoms with E-state index in [1.807, 2.05) is 24.3 Å². The minimum atomic E-state index is -0.512. The number of piperidine rings is 1. The topological polar surface area (TPSA) is 71.0 Å². The molecule has 8 heteroatoms. The van der Waals surface area contributed by atoms with E-state index in [-0.39, 0.29) is 16.8 Å². The van der Waals surface area contributed by atoms with Crippen LogP contribution in [-0.4, -0.2) is 34.2 Å². The molecule has 0 spiro atoms. The summed E-state index contributed by atoms with van der Waals surface area (Å²) < 4.78 is 13.3. The van der Waals surface area contributed by atoms with E-state index in [1.54, 1.807) is 12.4 Å². The third-order valence-corrected chi connectivity index (χ3v) is 5.22. The SMILES string of the molecule is O=C(Nc1ccc(F)c(Cl)c1)C1CCCN(c2ccc(-c3ccncc3)nn2)C1. The number of amides is 1. The summed E-state index contributed by atoms with van der Waals surface area (Å²) in [6.07, 6.45) is 5.08. The predicted molar refractivity (Wildman–Crippen MR) is 110 cm³/mol. The summed E-state index contributed by atoms with van der Waals surface area (Å²) in [6.45, 7) is 1.36. The molecule has 1 unspecified atom stereocenters. The van der Waals surface area contributed by atoms with Crippen LogP contribution in [0.4, 0.5) is 15.9 Å². The number of aromatic nitrogens is 3. The number of hydrogen-bond acceptors (Lipinski definition) is 5. The second kappa shape index (κ2) is 8.53. The normalized spacial score (nSPS) is 16.5. The van der Waals surface area contributed by atoms with Crippen LogP contribution < -0.4 is 10.2 Å². The van der Waals surface area contributed by atoms with Crippen LogP contribution in [0.25, 0.3) is 11.3 Å². The highest BCUT2D eigenvalue weighted by Crippen LogP contribution is 2.25. The van der Waals surface area contributed by atoms with Gasteiger partial charge in [0.05, 0.1) is 16.6 Å². The smallest absolute Gasteiger partial charge is 0.229 e. The van der Waals surface area contributed by atoms with Gasteiger partial charge in [-0.1, -0.05) is 11.6 Å². The van der Waals surface area contributed by atoms with Gasteiger partial charge >= 0.3 is 0 Å². The molecule has 0 bridgehead atoms. The maximum Gasteiger partial charge on any atom is 0.229 e. The van der Waals surface area contributed by atoms with Crippen LogP contribution in [0.5, 0.6) is 0 Å². The van der Waals surface area contributed by atoms with Gasteiger partial charge in [-0.2, -0.15) is 0 Å². The summed E-state index contributed by atoms with van der Waals surface area (Å²) in [5.41, 5.74) is 2.21. The molecule has 1 aliphatic heterocycles. The van der Waals surface area contributed by atoms with Gasteiger partial charge in [0, 0.05) is 36.7 Å². The molecule has 0 radical (unpaired) electrons. The molecule has 1 aromatic carbocycles. The Balaban J connectivity index is 1.42. The highest BCUT2D eigenvalue weighted by molar-refractivity contribution is 6.31. The first-order chi connectivity index (χ1) is 14.1. The quantitative estimate of drug-likeness (QED) is 0.697. The molecule has 3 heterocycles. The van der Waals surface area contributed by atoms with Gasteiger partial charge in [0.1, 0.15) is 5.82 Å². The van der Waals surface area contributed by atoms with Crippen LogP contribution in [0.2, 0.25) is 5.02 Å². The number of carbonyl (C=O) groups is 1. The lowest BCUT2D eigenvalue weighted by atomic mass is 9.97. The van der Waals surface area contributed by atoms with Gasteiger partial charge in [0.2, 0.25) is 5.91 Å². The predicted octanol–water partition coefficient (Wildman–Crippen LogP) is 4.19. The van der Waals surface area contributed by atoms with Crippen molar-refractivity contribution < 1.29 is 9.18 Å². The first kappa shape index (κ1) is 19.3. The average molecular weight is 412 g/mol. The van der Waals surface area contributed by atoms with Crippen molar-refractivity contribution in [3.63, 3.8) is 0 Å². The van der Waals surface area contributed by atoms with E-state index in [2.05, 4.69) is 25.4 Å². The number of rotatable bonds is 4. The number of nitrogens with one attached hydrogen (secondary N) is 1. The Labute approximate surface area is 172 Å². The van der Waals surface area contributed by atoms with Crippen LogP contribution in [0.1, 0.15) is 12.8 Å². The Morgan fingerprint density at radius 3 is 2.69 bits per heavy atom. The van der Waals surface area contributed by atoms with E-state index in [0.717, 1.165) is 36.5 Å². The van der Waals surface area contributed by atoms with E-state index < -0.39 is 5.82 Å². The molecule has 1 amide bonds. The fourth-order valence-electron chi connectivity index (χ4n) is 3.39. The summed E-state index contributed by atoms with van der Waals surface area (Å²) in [4.78, 5) is 18.7. The summed E-state index contributed by atoms with van der Waals surface area (Å²) in [5.74, 6) is -0.0829. The van der Waals surface area contributed by atoms with Crippen LogP contribution >= 0.6 is 11.6 Å². The Kier molecular flexibility index (Phi) is 5.67. The molecule has 1 atom stereocenters. The van der Waals surface area contributed by atoms with Crippen molar-refractivity contribution in [2.45, 2.75) is 12.8 Å². The molecule has 1 N–H and O–H groups in total. The van der Waals surface area contributed by atoms with E-state index in [0.29, 0.717) is 12.2 Å². The van der Waals surface area contributed by atoms with Gasteiger partial charge in [-0.15, -0.1) is 10.2 Å². The molecule has 1 aliphatic rings. The average Bonchev–Trinajstić information content (AvgIpc) is 2.77. The molecule has 0 saturated carbocycles. The third kappa shape index (κ3) is 4.51. The zero-order valence-electron chi connectivity index (χ0n) is 15.6. The van der Waals surface area contributed by atoms with Gasteiger partial charge in [0.15, 0.2) is 5.82 Å². The zero-order valence-corrected chi connectivity index (χ0v) is 16.3. The Morgan fingerprint density at radius 1 is 1.14 bits per heavy atom. The molecule has 1 saturated heterocycles. The second-order valence-electron chi connectivity index (χ2n) is 6.92. The van der Waals surface area contributed by atoms with Crippen molar-refractivity contribution in [1.82, 2.24) is 15.2 Å². The Morgan fingerprint density at radius 2 is 1.97 bits per heavy atom. The van der Waals surface area contributed by atoms with E-state index in [4.69, 9.17) is 11.6 Å². The van der Waals surface area contributed by atoms with Gasteiger partial charge in [-0.05, 0) is 55.3 Å². The van der Waals surface area contributed by atoms with Gasteiger partial charge < -0.3 is 10.2 Å². The summed E-state index contributed by atoms with van der Waals surface area (Å²) >= 11 is 5.79. The van der Waals surface area contributed by atoms with Crippen LogP contribution in [0.15, 0.2) is 54.9 Å². The number of hydrogen-bond donors (Lipinski definition) is 1. The number of carbonyl (C=O) groups excluding carboxylic acids is 1. The molecule has 29 heavy (non-hydrogen) atoms. The fourth-order valence-corrected chi connectivity index (χ4v) is 3.57. The van der Waals surface area contributed by atoms with Gasteiger partial charge in [-0.25, -0.2) is 4.39 Å². The third-order valence-electron chi connectivity index (χ3n) is 4.93. The first-order valence-corrected chi connectivity index (χ1v) is 9.73. The minimum absolute atomic E-state index is 0.0161. The second-order valence-corrected chi connectivity index (χ2v) is 7.32. The number of nitrogens with zero attached hydrogens (tertiary/aromatic N) is 4. The Bertz CT molecular complexity index is 1000. The summed E-state index contributed by atoms with van der Waals surface area (Å²) in [6, 6.07) is 11.8. The van der Waals surface area contributed by atoms with Crippen LogP contribution in [-0.2, 0) is 4.79 Å². The monoisotopic (exact) mass is 411 g/mol. The highest BCUT2D eigenvalue weighted by Gasteiger charge is 2.27. The number of anilines is 2. The molecular formula is C21H19ClFN5O. The Hall–Kier alpha value is -3.06. The number of benzene rings is 1. The molecule has 3 aromatic rings. The fraction of sp³-hybridized carbons (Fsp3) is 0.238. The van der Waals surface area contributed by atoms with Crippen molar-refractivity contribution >= 4 is 29.0 Å². The van der Waals surface area contributed by atoms with Crippen molar-refractivity contribution in [1.29, 1.82) is 0 Å². The van der Waals surface area contributed by atoms with Crippen LogP contribution in [0, 0.1) is 11.7 Å². The highest BCUT2D eigenvalue weighted by atomic mass is 35.5. The maximum atomic E-state index is 13.3. The van der Waals surface area contributed by atoms with Crippen LogP contribution in [0.3, 0.4) is 0 Å². The molecule has 2 aromatic heterocycles. The van der Waals surface area contributed by atoms with Crippen molar-refractivity contribution in [3.8, 4) is 11.3 Å². The summed E-state index contributed by atoms with van der Waals surface area (Å²) in [7, 11) is 0. The largest absolute Gasteiger partial charge is 0.354 e. The van der Waals surface area contributed by atoms with E-state index >= 15 is 0 Å². The number of pyridine rings is 1. The molecule has 0 aliphatic carbocycles. The number of halogens is 2. The maximum absolute atomic E-state index is 13.3. The minimum Gasteiger partial charge on any atom is -0.354 e. The summed E-state index contributed by atoms with van der Waals surface area (Å²) in [5, 5.41) is 11.5. The van der Waals surface area contributed by atoms with Crippen molar-refractivity contribution in [2.75, 3.05) is 23.3 Å². The van der Waals surface area contributed by atoms with Crippen molar-refractivity contribution in [2.24, 2.45) is 5.92 Å². The zero-order chi connectivity index (χ0) is 20.2. The molecule has 148 valence electrons. The van der Waals surface area contributed by atoms with E-state index in [1.165, 1.54) is 18.2 Å².